The Hall–Kier alpha value is -2.01. The van der Waals surface area contributed by atoms with Crippen LogP contribution in [0.1, 0.15) is 33.6 Å². The van der Waals surface area contributed by atoms with Crippen LogP contribution in [0.4, 0.5) is 0 Å². The van der Waals surface area contributed by atoms with Crippen molar-refractivity contribution >= 4 is 17.8 Å². The van der Waals surface area contributed by atoms with Gasteiger partial charge in [-0.3, -0.25) is 19.3 Å². The molecule has 4 rings (SSSR count). The van der Waals surface area contributed by atoms with Crippen LogP contribution >= 0.6 is 0 Å². The molecule has 4 heterocycles. The van der Waals surface area contributed by atoms with Crippen molar-refractivity contribution in [1.29, 1.82) is 0 Å². The van der Waals surface area contributed by atoms with Crippen molar-refractivity contribution in [2.24, 2.45) is 11.8 Å². The Morgan fingerprint density at radius 3 is 2.69 bits per heavy atom. The van der Waals surface area contributed by atoms with E-state index in [0.717, 1.165) is 13.1 Å². The average molecular weight is 494 g/mol. The number of morpholine rings is 1. The normalized spacial score (nSPS) is 35.1. The molecule has 4 saturated heterocycles. The van der Waals surface area contributed by atoms with Gasteiger partial charge in [-0.25, -0.2) is 0 Å². The summed E-state index contributed by atoms with van der Waals surface area (Å²) in [5.41, 5.74) is -1.99. The number of carbonyl (C=O) groups excluding carboxylic acids is 3. The van der Waals surface area contributed by atoms with Crippen molar-refractivity contribution in [1.82, 2.24) is 14.7 Å². The second-order valence-electron chi connectivity index (χ2n) is 10.3. The molecule has 1 spiro atoms. The second-order valence-corrected chi connectivity index (χ2v) is 10.3. The minimum Gasteiger partial charge on any atom is -0.466 e. The standard InChI is InChI=1S/C25H39N3O7/c1-5-9-27(11-10-26-12-14-33-15-13-26)22(31)20-25-8-7-24(4,35-25)19(23(32)34-6-2)18(25)21(30)28(20)17(3)16-29/h5,17-20,29H,1,6-16H2,2-4H3/t17-,18+,19-,20?,24+,25?/m1/s1. The predicted molar refractivity (Wildman–Crippen MR) is 126 cm³/mol. The molecule has 2 amide bonds. The number of esters is 1. The molecule has 0 aromatic carbocycles. The highest BCUT2D eigenvalue weighted by molar-refractivity contribution is 5.98. The maximum Gasteiger partial charge on any atom is 0.312 e. The number of amides is 2. The third kappa shape index (κ3) is 4.28. The molecule has 0 aromatic heterocycles. The van der Waals surface area contributed by atoms with Crippen LogP contribution in [-0.4, -0.2) is 120 Å². The van der Waals surface area contributed by atoms with Crippen molar-refractivity contribution in [2.45, 2.75) is 56.9 Å². The van der Waals surface area contributed by atoms with E-state index in [2.05, 4.69) is 11.5 Å². The summed E-state index contributed by atoms with van der Waals surface area (Å²) in [5, 5.41) is 9.98. The molecule has 4 aliphatic heterocycles. The summed E-state index contributed by atoms with van der Waals surface area (Å²) in [6.07, 6.45) is 2.73. The smallest absolute Gasteiger partial charge is 0.312 e. The Morgan fingerprint density at radius 1 is 1.34 bits per heavy atom. The number of hydrogen-bond acceptors (Lipinski definition) is 8. The monoisotopic (exact) mass is 493 g/mol. The van der Waals surface area contributed by atoms with Crippen molar-refractivity contribution in [3.8, 4) is 0 Å². The van der Waals surface area contributed by atoms with Crippen LogP contribution in [0.2, 0.25) is 0 Å². The van der Waals surface area contributed by atoms with Gasteiger partial charge >= 0.3 is 5.97 Å². The maximum atomic E-state index is 14.2. The summed E-state index contributed by atoms with van der Waals surface area (Å²) in [6, 6.07) is -1.52. The molecule has 4 aliphatic rings. The number of carbonyl (C=O) groups is 3. The molecule has 0 aliphatic carbocycles. The first kappa shape index (κ1) is 26.1. The summed E-state index contributed by atoms with van der Waals surface area (Å²) in [4.78, 5) is 46.5. The number of aliphatic hydroxyl groups excluding tert-OH is 1. The van der Waals surface area contributed by atoms with Crippen molar-refractivity contribution in [3.63, 3.8) is 0 Å². The zero-order valence-electron chi connectivity index (χ0n) is 21.1. The minimum absolute atomic E-state index is 0.201. The van der Waals surface area contributed by atoms with E-state index in [0.29, 0.717) is 45.7 Å². The van der Waals surface area contributed by atoms with E-state index in [1.807, 2.05) is 6.92 Å². The van der Waals surface area contributed by atoms with Gasteiger partial charge in [0.05, 0.1) is 44.0 Å². The molecule has 1 N–H and O–H groups in total. The lowest BCUT2D eigenvalue weighted by Crippen LogP contribution is -2.59. The van der Waals surface area contributed by atoms with Crippen LogP contribution in [0.25, 0.3) is 0 Å². The van der Waals surface area contributed by atoms with E-state index in [1.54, 1.807) is 24.8 Å². The highest BCUT2D eigenvalue weighted by atomic mass is 16.6. The Balaban J connectivity index is 1.66. The third-order valence-electron chi connectivity index (χ3n) is 8.18. The van der Waals surface area contributed by atoms with Gasteiger partial charge in [0.1, 0.15) is 17.6 Å². The van der Waals surface area contributed by atoms with E-state index < -0.39 is 41.1 Å². The molecule has 2 bridgehead atoms. The van der Waals surface area contributed by atoms with Crippen LogP contribution in [0, 0.1) is 11.8 Å². The molecular weight excluding hydrogens is 454 g/mol. The fourth-order valence-electron chi connectivity index (χ4n) is 6.50. The fourth-order valence-corrected chi connectivity index (χ4v) is 6.50. The van der Waals surface area contributed by atoms with E-state index in [1.165, 1.54) is 4.90 Å². The predicted octanol–water partition coefficient (Wildman–Crippen LogP) is 0.0418. The SMILES string of the molecule is C=CCN(CCN1CCOCC1)C(=O)C1N([C@H](C)CO)C(=O)[C@@H]2[C@H](C(=O)OCC)[C@]3(C)CCC12O3. The van der Waals surface area contributed by atoms with Gasteiger partial charge < -0.3 is 29.1 Å². The molecule has 196 valence electrons. The molecule has 6 atom stereocenters. The summed E-state index contributed by atoms with van der Waals surface area (Å²) in [5.74, 6) is -2.61. The topological polar surface area (TPSA) is 109 Å². The maximum absolute atomic E-state index is 14.2. The summed E-state index contributed by atoms with van der Waals surface area (Å²) >= 11 is 0. The molecule has 0 saturated carbocycles. The van der Waals surface area contributed by atoms with Crippen molar-refractivity contribution < 1.29 is 33.7 Å². The molecular formula is C25H39N3O7. The van der Waals surface area contributed by atoms with Crippen molar-refractivity contribution in [3.05, 3.63) is 12.7 Å². The number of likely N-dealkylation sites (tertiary alicyclic amines) is 1. The van der Waals surface area contributed by atoms with Gasteiger partial charge in [-0.05, 0) is 33.6 Å². The first-order valence-corrected chi connectivity index (χ1v) is 12.7. The summed E-state index contributed by atoms with van der Waals surface area (Å²) < 4.78 is 17.3. The highest BCUT2D eigenvalue weighted by Crippen LogP contribution is 2.63. The van der Waals surface area contributed by atoms with Crippen LogP contribution in [0.15, 0.2) is 12.7 Å². The van der Waals surface area contributed by atoms with Crippen LogP contribution in [0.3, 0.4) is 0 Å². The van der Waals surface area contributed by atoms with E-state index in [-0.39, 0.29) is 25.0 Å². The zero-order valence-corrected chi connectivity index (χ0v) is 21.1. The van der Waals surface area contributed by atoms with Crippen LogP contribution < -0.4 is 0 Å². The van der Waals surface area contributed by atoms with Gasteiger partial charge in [0.15, 0.2) is 0 Å². The first-order valence-electron chi connectivity index (χ1n) is 12.7. The largest absolute Gasteiger partial charge is 0.466 e. The quantitative estimate of drug-likeness (QED) is 0.336. The number of aliphatic hydroxyl groups is 1. The van der Waals surface area contributed by atoms with E-state index >= 15 is 0 Å². The Labute approximate surface area is 207 Å². The summed E-state index contributed by atoms with van der Waals surface area (Å²) in [6.45, 7) is 13.4. The Bertz CT molecular complexity index is 847. The third-order valence-corrected chi connectivity index (χ3v) is 8.18. The molecule has 2 unspecified atom stereocenters. The molecule has 0 aromatic rings. The van der Waals surface area contributed by atoms with Crippen LogP contribution in [0.5, 0.6) is 0 Å². The fraction of sp³-hybridized carbons (Fsp3) is 0.800. The number of rotatable bonds is 10. The molecule has 35 heavy (non-hydrogen) atoms. The Kier molecular flexibility index (Phi) is 7.57. The molecule has 10 heteroatoms. The van der Waals surface area contributed by atoms with Gasteiger partial charge in [0.25, 0.3) is 0 Å². The van der Waals surface area contributed by atoms with Gasteiger partial charge in [-0.15, -0.1) is 6.58 Å². The highest BCUT2D eigenvalue weighted by Gasteiger charge is 2.78. The average Bonchev–Trinajstić information content (AvgIpc) is 3.42. The lowest BCUT2D eigenvalue weighted by Gasteiger charge is -2.39. The number of ether oxygens (including phenoxy) is 3. The van der Waals surface area contributed by atoms with E-state index in [4.69, 9.17) is 14.2 Å². The number of nitrogens with zero attached hydrogens (tertiary/aromatic N) is 3. The molecule has 0 radical (unpaired) electrons. The van der Waals surface area contributed by atoms with Gasteiger partial charge in [-0.1, -0.05) is 6.08 Å². The van der Waals surface area contributed by atoms with E-state index in [9.17, 15) is 19.5 Å². The lowest BCUT2D eigenvalue weighted by atomic mass is 9.66. The van der Waals surface area contributed by atoms with Crippen LogP contribution in [-0.2, 0) is 28.6 Å². The molecule has 4 fully saturated rings. The number of hydrogen-bond donors (Lipinski definition) is 1. The van der Waals surface area contributed by atoms with Crippen molar-refractivity contribution in [2.75, 3.05) is 59.2 Å². The van der Waals surface area contributed by atoms with Gasteiger partial charge in [0, 0.05) is 32.7 Å². The van der Waals surface area contributed by atoms with Gasteiger partial charge in [0.2, 0.25) is 11.8 Å². The molecule has 10 nitrogen and oxygen atoms in total. The Morgan fingerprint density at radius 2 is 2.06 bits per heavy atom. The lowest BCUT2D eigenvalue weighted by molar-refractivity contribution is -0.161. The summed E-state index contributed by atoms with van der Waals surface area (Å²) in [7, 11) is 0. The second kappa shape index (κ2) is 10.2. The number of fused-ring (bicyclic) bond motifs is 1. The first-order chi connectivity index (χ1) is 16.7. The minimum atomic E-state index is -1.12. The zero-order chi connectivity index (χ0) is 25.4. The van der Waals surface area contributed by atoms with Gasteiger partial charge in [-0.2, -0.15) is 0 Å².